The summed E-state index contributed by atoms with van der Waals surface area (Å²) in [5.41, 5.74) is 0. The van der Waals surface area contributed by atoms with E-state index < -0.39 is 0 Å². The number of hydrogen-bond acceptors (Lipinski definition) is 2. The van der Waals surface area contributed by atoms with E-state index >= 15 is 0 Å². The fourth-order valence-corrected chi connectivity index (χ4v) is 5.00. The molecule has 2 heterocycles. The van der Waals surface area contributed by atoms with E-state index in [1.165, 1.54) is 6.42 Å². The summed E-state index contributed by atoms with van der Waals surface area (Å²) < 4.78 is 6.16. The molecule has 8 atom stereocenters. The molecule has 0 spiro atoms. The Morgan fingerprint density at radius 1 is 1.25 bits per heavy atom. The lowest BCUT2D eigenvalue weighted by molar-refractivity contribution is 0.0604. The van der Waals surface area contributed by atoms with Gasteiger partial charge in [-0.2, -0.15) is 5.26 Å². The van der Waals surface area contributed by atoms with Gasteiger partial charge in [-0.05, 0) is 36.5 Å². The van der Waals surface area contributed by atoms with Crippen LogP contribution in [0.1, 0.15) is 19.8 Å². The molecule has 4 aliphatic rings. The van der Waals surface area contributed by atoms with Gasteiger partial charge in [0.15, 0.2) is 0 Å². The Balaban J connectivity index is 1.74. The van der Waals surface area contributed by atoms with E-state index in [2.05, 4.69) is 25.1 Å². The topological polar surface area (TPSA) is 33.0 Å². The minimum absolute atomic E-state index is 0.170. The third-order valence-corrected chi connectivity index (χ3v) is 5.51. The van der Waals surface area contributed by atoms with Crippen LogP contribution in [0.3, 0.4) is 0 Å². The summed E-state index contributed by atoms with van der Waals surface area (Å²) in [5, 5.41) is 9.33. The molecular weight excluding hydrogens is 198 g/mol. The average molecular weight is 215 g/mol. The Kier molecular flexibility index (Phi) is 1.67. The SMILES string of the molecule is CCC1C(C#N)C2OC1C1C3C=CC(C3)C21. The highest BCUT2D eigenvalue weighted by Gasteiger charge is 2.65. The molecule has 2 aliphatic heterocycles. The predicted molar refractivity (Wildman–Crippen MR) is 59.3 cm³/mol. The molecule has 0 amide bonds. The largest absolute Gasteiger partial charge is 0.373 e. The number of nitriles is 1. The van der Waals surface area contributed by atoms with Crippen LogP contribution in [0.5, 0.6) is 0 Å². The molecule has 0 N–H and O–H groups in total. The zero-order valence-corrected chi connectivity index (χ0v) is 9.54. The Morgan fingerprint density at radius 3 is 2.56 bits per heavy atom. The van der Waals surface area contributed by atoms with Crippen LogP contribution in [-0.2, 0) is 4.74 Å². The zero-order chi connectivity index (χ0) is 10.9. The molecule has 4 rings (SSSR count). The molecule has 0 aromatic carbocycles. The maximum absolute atomic E-state index is 9.33. The minimum Gasteiger partial charge on any atom is -0.373 e. The van der Waals surface area contributed by atoms with Crippen LogP contribution in [0, 0.1) is 46.8 Å². The van der Waals surface area contributed by atoms with Gasteiger partial charge in [0.25, 0.3) is 0 Å². The van der Waals surface area contributed by atoms with Crippen LogP contribution >= 0.6 is 0 Å². The first kappa shape index (κ1) is 9.24. The molecule has 2 aliphatic carbocycles. The Morgan fingerprint density at radius 2 is 1.94 bits per heavy atom. The van der Waals surface area contributed by atoms with Crippen molar-refractivity contribution < 1.29 is 4.74 Å². The first-order chi connectivity index (χ1) is 7.85. The second kappa shape index (κ2) is 2.90. The molecule has 84 valence electrons. The van der Waals surface area contributed by atoms with Crippen LogP contribution in [-0.4, -0.2) is 12.2 Å². The monoisotopic (exact) mass is 215 g/mol. The lowest BCUT2D eigenvalue weighted by Gasteiger charge is -2.35. The van der Waals surface area contributed by atoms with Crippen LogP contribution in [0.4, 0.5) is 0 Å². The van der Waals surface area contributed by atoms with Gasteiger partial charge in [0.1, 0.15) is 0 Å². The van der Waals surface area contributed by atoms with Crippen molar-refractivity contribution in [2.24, 2.45) is 35.5 Å². The van der Waals surface area contributed by atoms with Crippen molar-refractivity contribution in [3.63, 3.8) is 0 Å². The second-order valence-electron chi connectivity index (χ2n) is 5.90. The maximum Gasteiger partial charge on any atom is 0.0781 e. The number of hydrogen-bond donors (Lipinski definition) is 0. The van der Waals surface area contributed by atoms with Gasteiger partial charge >= 0.3 is 0 Å². The number of fused-ring (bicyclic) bond motifs is 9. The smallest absolute Gasteiger partial charge is 0.0781 e. The highest BCUT2D eigenvalue weighted by atomic mass is 16.5. The molecule has 2 saturated heterocycles. The van der Waals surface area contributed by atoms with Crippen molar-refractivity contribution in [3.05, 3.63) is 12.2 Å². The van der Waals surface area contributed by atoms with Gasteiger partial charge in [0, 0.05) is 5.92 Å². The molecule has 0 radical (unpaired) electrons. The summed E-state index contributed by atoms with van der Waals surface area (Å²) in [7, 11) is 0. The fraction of sp³-hybridized carbons (Fsp3) is 0.786. The summed E-state index contributed by atoms with van der Waals surface area (Å²) in [6, 6.07) is 2.52. The quantitative estimate of drug-likeness (QED) is 0.629. The summed E-state index contributed by atoms with van der Waals surface area (Å²) in [4.78, 5) is 0. The standard InChI is InChI=1S/C14H17NO/c1-2-9-10(6-15)14-12-8-4-3-7(5-8)11(12)13(9)16-14/h3-4,7-14H,2,5H2,1H3. The summed E-state index contributed by atoms with van der Waals surface area (Å²) in [6.07, 6.45) is 7.87. The zero-order valence-electron chi connectivity index (χ0n) is 9.54. The van der Waals surface area contributed by atoms with E-state index in [0.29, 0.717) is 17.9 Å². The van der Waals surface area contributed by atoms with Crippen molar-refractivity contribution >= 4 is 0 Å². The number of allylic oxidation sites excluding steroid dienone is 2. The van der Waals surface area contributed by atoms with E-state index in [9.17, 15) is 5.26 Å². The van der Waals surface area contributed by atoms with Gasteiger partial charge < -0.3 is 4.74 Å². The van der Waals surface area contributed by atoms with Gasteiger partial charge in [-0.1, -0.05) is 19.1 Å². The Hall–Kier alpha value is -0.810. The van der Waals surface area contributed by atoms with Gasteiger partial charge in [-0.25, -0.2) is 0 Å². The molecule has 1 saturated carbocycles. The number of rotatable bonds is 1. The summed E-state index contributed by atoms with van der Waals surface area (Å²) in [5.74, 6) is 3.58. The van der Waals surface area contributed by atoms with E-state index in [1.54, 1.807) is 0 Å². The molecular formula is C14H17NO. The predicted octanol–water partition coefficient (Wildman–Crippen LogP) is 2.37. The van der Waals surface area contributed by atoms with E-state index in [4.69, 9.17) is 4.74 Å². The molecule has 2 heteroatoms. The van der Waals surface area contributed by atoms with E-state index in [-0.39, 0.29) is 12.0 Å². The van der Waals surface area contributed by atoms with Crippen molar-refractivity contribution in [2.75, 3.05) is 0 Å². The number of ether oxygens (including phenoxy) is 1. The van der Waals surface area contributed by atoms with Gasteiger partial charge in [0.2, 0.25) is 0 Å². The molecule has 0 aromatic rings. The fourth-order valence-electron chi connectivity index (χ4n) is 5.00. The van der Waals surface area contributed by atoms with Crippen LogP contribution in [0.15, 0.2) is 12.2 Å². The lowest BCUT2D eigenvalue weighted by atomic mass is 9.64. The molecule has 16 heavy (non-hydrogen) atoms. The van der Waals surface area contributed by atoms with Crippen molar-refractivity contribution in [1.29, 1.82) is 5.26 Å². The van der Waals surface area contributed by atoms with Crippen LogP contribution < -0.4 is 0 Å². The molecule has 4 bridgehead atoms. The van der Waals surface area contributed by atoms with Crippen molar-refractivity contribution in [2.45, 2.75) is 32.0 Å². The van der Waals surface area contributed by atoms with E-state index in [1.807, 2.05) is 0 Å². The van der Waals surface area contributed by atoms with Crippen LogP contribution in [0.2, 0.25) is 0 Å². The minimum atomic E-state index is 0.170. The van der Waals surface area contributed by atoms with Gasteiger partial charge in [-0.3, -0.25) is 0 Å². The second-order valence-corrected chi connectivity index (χ2v) is 5.90. The third kappa shape index (κ3) is 0.844. The van der Waals surface area contributed by atoms with Crippen molar-refractivity contribution in [3.8, 4) is 6.07 Å². The Labute approximate surface area is 96.3 Å². The van der Waals surface area contributed by atoms with Crippen molar-refractivity contribution in [1.82, 2.24) is 0 Å². The number of nitrogens with zero attached hydrogens (tertiary/aromatic N) is 1. The third-order valence-electron chi connectivity index (χ3n) is 5.51. The normalized spacial score (nSPS) is 60.2. The highest BCUT2D eigenvalue weighted by molar-refractivity contribution is 5.24. The highest BCUT2D eigenvalue weighted by Crippen LogP contribution is 2.63. The maximum atomic E-state index is 9.33. The summed E-state index contributed by atoms with van der Waals surface area (Å²) in [6.45, 7) is 2.21. The first-order valence-electron chi connectivity index (χ1n) is 6.58. The molecule has 2 nitrogen and oxygen atoms in total. The molecule has 3 fully saturated rings. The van der Waals surface area contributed by atoms with Gasteiger partial charge in [0.05, 0.1) is 24.2 Å². The Bertz CT molecular complexity index is 396. The average Bonchev–Trinajstić information content (AvgIpc) is 3.03. The molecule has 8 unspecified atom stereocenters. The lowest BCUT2D eigenvalue weighted by Crippen LogP contribution is -2.40. The summed E-state index contributed by atoms with van der Waals surface area (Å²) >= 11 is 0. The van der Waals surface area contributed by atoms with Crippen LogP contribution in [0.25, 0.3) is 0 Å². The first-order valence-corrected chi connectivity index (χ1v) is 6.58. The van der Waals surface area contributed by atoms with Gasteiger partial charge in [-0.15, -0.1) is 0 Å². The van der Waals surface area contributed by atoms with E-state index in [0.717, 1.165) is 24.2 Å². The molecule has 0 aromatic heterocycles.